The van der Waals surface area contributed by atoms with Crippen LogP contribution in [0.5, 0.6) is 0 Å². The Morgan fingerprint density at radius 2 is 1.54 bits per heavy atom. The summed E-state index contributed by atoms with van der Waals surface area (Å²) in [5, 5.41) is 3.10. The van der Waals surface area contributed by atoms with Crippen LogP contribution in [0.1, 0.15) is 31.4 Å². The number of hydrogen-bond acceptors (Lipinski definition) is 4. The minimum absolute atomic E-state index is 0.0298. The zero-order valence-electron chi connectivity index (χ0n) is 21.8. The fourth-order valence-electron chi connectivity index (χ4n) is 4.05. The largest absolute Gasteiger partial charge is 0.355 e. The molecule has 0 saturated carbocycles. The van der Waals surface area contributed by atoms with Gasteiger partial charge in [0.15, 0.2) is 0 Å². The Morgan fingerprint density at radius 1 is 0.949 bits per heavy atom. The van der Waals surface area contributed by atoms with Gasteiger partial charge in [0.05, 0.1) is 10.6 Å². The minimum atomic E-state index is -4.26. The Kier molecular flexibility index (Phi) is 10.4. The molecule has 0 saturated heterocycles. The van der Waals surface area contributed by atoms with Gasteiger partial charge >= 0.3 is 0 Å². The molecule has 0 unspecified atom stereocenters. The Morgan fingerprint density at radius 3 is 2.08 bits per heavy atom. The van der Waals surface area contributed by atoms with Crippen molar-refractivity contribution in [2.24, 2.45) is 0 Å². The van der Waals surface area contributed by atoms with Crippen molar-refractivity contribution in [3.05, 3.63) is 93.7 Å². The molecule has 0 spiro atoms. The number of nitrogens with one attached hydrogen (secondary N) is 1. The Bertz CT molecular complexity index is 1400. The first-order chi connectivity index (χ1) is 18.5. The molecule has 0 aliphatic heterocycles. The van der Waals surface area contributed by atoms with E-state index in [4.69, 9.17) is 23.2 Å². The first kappa shape index (κ1) is 30.4. The van der Waals surface area contributed by atoms with Crippen LogP contribution in [-0.2, 0) is 26.2 Å². The molecule has 0 aromatic heterocycles. The molecule has 0 heterocycles. The second-order valence-electron chi connectivity index (χ2n) is 8.92. The summed E-state index contributed by atoms with van der Waals surface area (Å²) in [5.74, 6) is -1.46. The number of hydrogen-bond donors (Lipinski definition) is 1. The lowest BCUT2D eigenvalue weighted by Gasteiger charge is -2.33. The number of amides is 2. The molecule has 7 nitrogen and oxygen atoms in total. The van der Waals surface area contributed by atoms with Crippen LogP contribution >= 0.6 is 23.2 Å². The van der Waals surface area contributed by atoms with E-state index in [0.717, 1.165) is 9.87 Å². The Hall–Kier alpha value is -3.14. The predicted molar refractivity (Wildman–Crippen MR) is 152 cm³/mol. The number of nitrogens with zero attached hydrogens (tertiary/aromatic N) is 2. The van der Waals surface area contributed by atoms with Crippen molar-refractivity contribution in [1.82, 2.24) is 10.2 Å². The van der Waals surface area contributed by atoms with Crippen LogP contribution in [0.4, 0.5) is 10.1 Å². The highest BCUT2D eigenvalue weighted by Crippen LogP contribution is 2.30. The molecule has 11 heteroatoms. The van der Waals surface area contributed by atoms with Crippen molar-refractivity contribution < 1.29 is 22.4 Å². The van der Waals surface area contributed by atoms with Crippen LogP contribution in [0.15, 0.2) is 71.6 Å². The van der Waals surface area contributed by atoms with Crippen molar-refractivity contribution in [1.29, 1.82) is 0 Å². The summed E-state index contributed by atoms with van der Waals surface area (Å²) in [6, 6.07) is 15.1. The summed E-state index contributed by atoms with van der Waals surface area (Å²) in [7, 11) is -4.26. The highest BCUT2D eigenvalue weighted by molar-refractivity contribution is 7.92. The molecule has 39 heavy (non-hydrogen) atoms. The maximum absolute atomic E-state index is 13.9. The summed E-state index contributed by atoms with van der Waals surface area (Å²) in [6.45, 7) is 5.02. The third kappa shape index (κ3) is 7.71. The summed E-state index contributed by atoms with van der Waals surface area (Å²) >= 11 is 12.4. The quantitative estimate of drug-likeness (QED) is 0.314. The smallest absolute Gasteiger partial charge is 0.264 e. The number of likely N-dealkylation sites (N-methyl/N-ethyl adjacent to an activating group) is 1. The lowest BCUT2D eigenvalue weighted by molar-refractivity contribution is -0.140. The fraction of sp³-hybridized carbons (Fsp3) is 0.286. The van der Waals surface area contributed by atoms with E-state index in [1.807, 2.05) is 6.92 Å². The lowest BCUT2D eigenvalue weighted by atomic mass is 10.1. The van der Waals surface area contributed by atoms with Crippen LogP contribution in [0.25, 0.3) is 0 Å². The number of benzene rings is 3. The maximum Gasteiger partial charge on any atom is 0.264 e. The molecule has 0 bridgehead atoms. The summed E-state index contributed by atoms with van der Waals surface area (Å²) in [5.41, 5.74) is 1.53. The molecule has 0 fully saturated rings. The topological polar surface area (TPSA) is 86.8 Å². The van der Waals surface area contributed by atoms with Gasteiger partial charge in [-0.1, -0.05) is 60.0 Å². The van der Waals surface area contributed by atoms with Gasteiger partial charge in [-0.3, -0.25) is 13.9 Å². The summed E-state index contributed by atoms with van der Waals surface area (Å²) < 4.78 is 42.2. The molecule has 0 radical (unpaired) electrons. The van der Waals surface area contributed by atoms with Gasteiger partial charge in [0, 0.05) is 23.1 Å². The molecule has 3 rings (SSSR count). The molecule has 2 amide bonds. The number of anilines is 1. The summed E-state index contributed by atoms with van der Waals surface area (Å²) in [4.78, 5) is 28.1. The van der Waals surface area contributed by atoms with E-state index < -0.39 is 34.3 Å². The van der Waals surface area contributed by atoms with E-state index in [1.54, 1.807) is 26.0 Å². The third-order valence-corrected chi connectivity index (χ3v) is 8.25. The zero-order valence-corrected chi connectivity index (χ0v) is 24.2. The number of carbonyl (C=O) groups excluding carboxylic acids is 2. The van der Waals surface area contributed by atoms with Gasteiger partial charge in [-0.2, -0.15) is 0 Å². The number of aryl methyl sites for hydroxylation is 1. The SMILES string of the molecule is CCNC(=O)[C@H](CC)N(Cc1ccc(F)cc1)C(=O)CN(c1cc(Cl)cc(Cl)c1)S(=O)(=O)c1ccc(C)cc1. The van der Waals surface area contributed by atoms with Crippen LogP contribution in [0.3, 0.4) is 0 Å². The van der Waals surface area contributed by atoms with E-state index in [9.17, 15) is 22.4 Å². The highest BCUT2D eigenvalue weighted by Gasteiger charge is 2.33. The Balaban J connectivity index is 2.09. The molecule has 0 aliphatic rings. The monoisotopic (exact) mass is 593 g/mol. The van der Waals surface area contributed by atoms with Gasteiger partial charge in [-0.25, -0.2) is 12.8 Å². The van der Waals surface area contributed by atoms with Crippen molar-refractivity contribution in [3.8, 4) is 0 Å². The number of sulfonamides is 1. The van der Waals surface area contributed by atoms with E-state index in [-0.39, 0.29) is 39.5 Å². The van der Waals surface area contributed by atoms with Crippen molar-refractivity contribution in [3.63, 3.8) is 0 Å². The fourth-order valence-corrected chi connectivity index (χ4v) is 5.96. The maximum atomic E-state index is 13.9. The molecule has 1 atom stereocenters. The van der Waals surface area contributed by atoms with E-state index in [1.165, 1.54) is 59.5 Å². The van der Waals surface area contributed by atoms with E-state index in [2.05, 4.69) is 5.32 Å². The van der Waals surface area contributed by atoms with Gasteiger partial charge in [0.1, 0.15) is 18.4 Å². The van der Waals surface area contributed by atoms with E-state index in [0.29, 0.717) is 12.1 Å². The molecule has 208 valence electrons. The first-order valence-electron chi connectivity index (χ1n) is 12.3. The third-order valence-electron chi connectivity index (χ3n) is 6.03. The molecular weight excluding hydrogens is 564 g/mol. The van der Waals surface area contributed by atoms with Gasteiger partial charge in [0.2, 0.25) is 11.8 Å². The average Bonchev–Trinajstić information content (AvgIpc) is 2.88. The normalized spacial score (nSPS) is 12.1. The molecule has 0 aliphatic carbocycles. The number of carbonyl (C=O) groups is 2. The van der Waals surface area contributed by atoms with Gasteiger partial charge in [-0.15, -0.1) is 0 Å². The molecule has 3 aromatic carbocycles. The molecule has 3 aromatic rings. The van der Waals surface area contributed by atoms with Gasteiger partial charge in [0.25, 0.3) is 10.0 Å². The van der Waals surface area contributed by atoms with Gasteiger partial charge in [-0.05, 0) is 68.3 Å². The highest BCUT2D eigenvalue weighted by atomic mass is 35.5. The van der Waals surface area contributed by atoms with Crippen LogP contribution < -0.4 is 9.62 Å². The van der Waals surface area contributed by atoms with E-state index >= 15 is 0 Å². The molecule has 1 N–H and O–H groups in total. The average molecular weight is 595 g/mol. The van der Waals surface area contributed by atoms with Crippen molar-refractivity contribution in [2.75, 3.05) is 17.4 Å². The predicted octanol–water partition coefficient (Wildman–Crippen LogP) is 5.58. The second-order valence-corrected chi connectivity index (χ2v) is 11.7. The first-order valence-corrected chi connectivity index (χ1v) is 14.5. The standard InChI is InChI=1S/C28H30Cl2FN3O4S/c1-4-26(28(36)32-5-2)33(17-20-8-10-23(31)11-9-20)27(35)18-34(24-15-21(29)14-22(30)16-24)39(37,38)25-12-6-19(3)7-13-25/h6-16,26H,4-5,17-18H2,1-3H3,(H,32,36)/t26-/m0/s1. The molecular formula is C28H30Cl2FN3O4S. The van der Waals surface area contributed by atoms with Crippen LogP contribution in [-0.4, -0.2) is 44.3 Å². The second kappa shape index (κ2) is 13.3. The summed E-state index contributed by atoms with van der Waals surface area (Å²) in [6.07, 6.45) is 0.270. The van der Waals surface area contributed by atoms with Crippen LogP contribution in [0, 0.1) is 12.7 Å². The zero-order chi connectivity index (χ0) is 28.7. The Labute approximate surface area is 238 Å². The minimum Gasteiger partial charge on any atom is -0.355 e. The van der Waals surface area contributed by atoms with Crippen molar-refractivity contribution >= 4 is 50.7 Å². The van der Waals surface area contributed by atoms with Gasteiger partial charge < -0.3 is 10.2 Å². The number of halogens is 3. The lowest BCUT2D eigenvalue weighted by Crippen LogP contribution is -2.52. The number of rotatable bonds is 11. The van der Waals surface area contributed by atoms with Crippen molar-refractivity contribution in [2.45, 2.75) is 44.7 Å². The van der Waals surface area contributed by atoms with Crippen LogP contribution in [0.2, 0.25) is 10.0 Å².